The average molecular weight is 132 g/mol. The predicted molar refractivity (Wildman–Crippen MR) is 39.0 cm³/mol. The van der Waals surface area contributed by atoms with Crippen molar-refractivity contribution in [1.82, 2.24) is 0 Å². The van der Waals surface area contributed by atoms with Crippen LogP contribution in [-0.4, -0.2) is 36.0 Å². The van der Waals surface area contributed by atoms with Gasteiger partial charge in [-0.25, -0.2) is 0 Å². The molecule has 2 nitrogen and oxygen atoms in total. The van der Waals surface area contributed by atoms with E-state index in [0.717, 1.165) is 24.1 Å². The SMILES string of the molecule is CC[N+](CC)(CC)CO. The van der Waals surface area contributed by atoms with E-state index in [1.807, 2.05) is 0 Å². The maximum absolute atomic E-state index is 8.95. The van der Waals surface area contributed by atoms with E-state index in [1.54, 1.807) is 0 Å². The van der Waals surface area contributed by atoms with Crippen molar-refractivity contribution in [2.45, 2.75) is 20.8 Å². The van der Waals surface area contributed by atoms with E-state index in [4.69, 9.17) is 5.11 Å². The van der Waals surface area contributed by atoms with E-state index in [0.29, 0.717) is 0 Å². The van der Waals surface area contributed by atoms with Crippen molar-refractivity contribution in [3.05, 3.63) is 0 Å². The molecular formula is C7H18NO+. The van der Waals surface area contributed by atoms with Gasteiger partial charge in [0.1, 0.15) is 0 Å². The Labute approximate surface area is 57.7 Å². The van der Waals surface area contributed by atoms with Crippen LogP contribution in [0.4, 0.5) is 0 Å². The molecule has 0 aliphatic carbocycles. The molecule has 0 spiro atoms. The minimum atomic E-state index is 0.281. The summed E-state index contributed by atoms with van der Waals surface area (Å²) in [6.07, 6.45) is 0. The zero-order valence-corrected chi connectivity index (χ0v) is 6.72. The van der Waals surface area contributed by atoms with E-state index >= 15 is 0 Å². The molecule has 0 fully saturated rings. The zero-order valence-electron chi connectivity index (χ0n) is 6.72. The summed E-state index contributed by atoms with van der Waals surface area (Å²) in [5.74, 6) is 0. The van der Waals surface area contributed by atoms with Gasteiger partial charge in [0.2, 0.25) is 0 Å². The summed E-state index contributed by atoms with van der Waals surface area (Å²) in [7, 11) is 0. The molecule has 0 radical (unpaired) electrons. The lowest BCUT2D eigenvalue weighted by molar-refractivity contribution is -0.940. The number of quaternary nitrogens is 1. The van der Waals surface area contributed by atoms with Gasteiger partial charge in [-0.05, 0) is 20.8 Å². The van der Waals surface area contributed by atoms with E-state index in [1.165, 1.54) is 0 Å². The molecule has 0 bridgehead atoms. The molecule has 56 valence electrons. The van der Waals surface area contributed by atoms with Gasteiger partial charge >= 0.3 is 0 Å². The van der Waals surface area contributed by atoms with Gasteiger partial charge in [-0.2, -0.15) is 0 Å². The summed E-state index contributed by atoms with van der Waals surface area (Å²) in [5, 5.41) is 8.95. The molecule has 0 aromatic carbocycles. The van der Waals surface area contributed by atoms with Crippen LogP contribution in [0.25, 0.3) is 0 Å². The highest BCUT2D eigenvalue weighted by Gasteiger charge is 2.17. The lowest BCUT2D eigenvalue weighted by atomic mass is 10.4. The highest BCUT2D eigenvalue weighted by atomic mass is 16.3. The third-order valence-electron chi connectivity index (χ3n) is 2.31. The van der Waals surface area contributed by atoms with E-state index in [9.17, 15) is 0 Å². The molecule has 0 rings (SSSR count). The minimum Gasteiger partial charge on any atom is -0.347 e. The van der Waals surface area contributed by atoms with E-state index in [2.05, 4.69) is 20.8 Å². The quantitative estimate of drug-likeness (QED) is 0.443. The van der Waals surface area contributed by atoms with Crippen molar-refractivity contribution in [1.29, 1.82) is 0 Å². The van der Waals surface area contributed by atoms with Crippen LogP contribution >= 0.6 is 0 Å². The Kier molecular flexibility index (Phi) is 3.82. The highest BCUT2D eigenvalue weighted by molar-refractivity contribution is 4.27. The van der Waals surface area contributed by atoms with Gasteiger partial charge in [-0.3, -0.25) is 0 Å². The van der Waals surface area contributed by atoms with Crippen molar-refractivity contribution in [3.63, 3.8) is 0 Å². The molecule has 1 N–H and O–H groups in total. The van der Waals surface area contributed by atoms with Crippen LogP contribution < -0.4 is 0 Å². The summed E-state index contributed by atoms with van der Waals surface area (Å²) in [6.45, 7) is 9.72. The molecule has 0 aromatic heterocycles. The first kappa shape index (κ1) is 8.92. The van der Waals surface area contributed by atoms with Gasteiger partial charge in [0, 0.05) is 0 Å². The molecule has 0 aliphatic rings. The normalized spacial score (nSPS) is 12.0. The van der Waals surface area contributed by atoms with Crippen LogP contribution in [0.15, 0.2) is 0 Å². The Morgan fingerprint density at radius 2 is 1.33 bits per heavy atom. The molecule has 0 atom stereocenters. The van der Waals surface area contributed by atoms with Gasteiger partial charge < -0.3 is 9.59 Å². The third-order valence-corrected chi connectivity index (χ3v) is 2.31. The van der Waals surface area contributed by atoms with Crippen molar-refractivity contribution in [3.8, 4) is 0 Å². The third kappa shape index (κ3) is 1.95. The second-order valence-corrected chi connectivity index (χ2v) is 2.43. The van der Waals surface area contributed by atoms with Crippen molar-refractivity contribution in [2.75, 3.05) is 26.4 Å². The van der Waals surface area contributed by atoms with Crippen LogP contribution in [0.5, 0.6) is 0 Å². The fourth-order valence-corrected chi connectivity index (χ4v) is 0.971. The molecule has 0 amide bonds. The number of aliphatic hydroxyl groups excluding tert-OH is 1. The standard InChI is InChI=1S/C7H18NO/c1-4-8(5-2,6-3)7-9/h9H,4-7H2,1-3H3/q+1. The van der Waals surface area contributed by atoms with Crippen molar-refractivity contribution < 1.29 is 9.59 Å². The van der Waals surface area contributed by atoms with E-state index in [-0.39, 0.29) is 6.73 Å². The second-order valence-electron chi connectivity index (χ2n) is 2.43. The minimum absolute atomic E-state index is 0.281. The summed E-state index contributed by atoms with van der Waals surface area (Å²) in [4.78, 5) is 0. The maximum atomic E-state index is 8.95. The number of hydrogen-bond acceptors (Lipinski definition) is 1. The summed E-state index contributed by atoms with van der Waals surface area (Å²) in [5.41, 5.74) is 0. The van der Waals surface area contributed by atoms with Crippen LogP contribution in [0.3, 0.4) is 0 Å². The Hall–Kier alpha value is -0.0800. The summed E-state index contributed by atoms with van der Waals surface area (Å²) in [6, 6.07) is 0. The molecule has 0 heterocycles. The molecule has 0 saturated heterocycles. The van der Waals surface area contributed by atoms with Crippen LogP contribution in [-0.2, 0) is 0 Å². The van der Waals surface area contributed by atoms with Crippen molar-refractivity contribution in [2.24, 2.45) is 0 Å². The Balaban J connectivity index is 3.82. The van der Waals surface area contributed by atoms with Gasteiger partial charge in [-0.1, -0.05) is 0 Å². The highest BCUT2D eigenvalue weighted by Crippen LogP contribution is 2.01. The molecule has 2 heteroatoms. The predicted octanol–water partition coefficient (Wildman–Crippen LogP) is 0.813. The van der Waals surface area contributed by atoms with Gasteiger partial charge in [0.05, 0.1) is 19.6 Å². The fraction of sp³-hybridized carbons (Fsp3) is 1.00. The lowest BCUT2D eigenvalue weighted by Crippen LogP contribution is -2.48. The number of aliphatic hydroxyl groups is 1. The van der Waals surface area contributed by atoms with Gasteiger partial charge in [-0.15, -0.1) is 0 Å². The van der Waals surface area contributed by atoms with Crippen LogP contribution in [0.2, 0.25) is 0 Å². The first-order chi connectivity index (χ1) is 4.24. The number of nitrogens with zero attached hydrogens (tertiary/aromatic N) is 1. The molecule has 9 heavy (non-hydrogen) atoms. The lowest BCUT2D eigenvalue weighted by Gasteiger charge is -2.32. The van der Waals surface area contributed by atoms with Crippen LogP contribution in [0, 0.1) is 0 Å². The largest absolute Gasteiger partial charge is 0.347 e. The molecular weight excluding hydrogens is 114 g/mol. The monoisotopic (exact) mass is 132 g/mol. The Bertz CT molecular complexity index is 51.8. The molecule has 0 saturated carbocycles. The first-order valence-corrected chi connectivity index (χ1v) is 3.70. The Morgan fingerprint density at radius 3 is 1.33 bits per heavy atom. The molecule has 0 unspecified atom stereocenters. The second kappa shape index (κ2) is 3.85. The molecule has 0 aliphatic heterocycles. The number of hydrogen-bond donors (Lipinski definition) is 1. The maximum Gasteiger partial charge on any atom is 0.180 e. The van der Waals surface area contributed by atoms with Gasteiger partial charge in [0.25, 0.3) is 0 Å². The fourth-order valence-electron chi connectivity index (χ4n) is 0.971. The summed E-state index contributed by atoms with van der Waals surface area (Å²) < 4.78 is 0.833. The zero-order chi connectivity index (χ0) is 7.33. The average Bonchev–Trinajstić information content (AvgIpc) is 1.95. The van der Waals surface area contributed by atoms with Crippen molar-refractivity contribution >= 4 is 0 Å². The topological polar surface area (TPSA) is 20.2 Å². The summed E-state index contributed by atoms with van der Waals surface area (Å²) >= 11 is 0. The van der Waals surface area contributed by atoms with Gasteiger partial charge in [0.15, 0.2) is 6.73 Å². The number of rotatable bonds is 4. The molecule has 0 aromatic rings. The smallest absolute Gasteiger partial charge is 0.180 e. The van der Waals surface area contributed by atoms with Crippen LogP contribution in [0.1, 0.15) is 20.8 Å². The first-order valence-electron chi connectivity index (χ1n) is 3.70. The van der Waals surface area contributed by atoms with E-state index < -0.39 is 0 Å². The Morgan fingerprint density at radius 1 is 1.00 bits per heavy atom.